The van der Waals surface area contributed by atoms with Crippen molar-refractivity contribution in [1.82, 2.24) is 20.3 Å². The lowest BCUT2D eigenvalue weighted by atomic mass is 10.1. The highest BCUT2D eigenvalue weighted by Gasteiger charge is 2.29. The molecule has 0 aliphatic carbocycles. The number of nitrogens with zero attached hydrogens (tertiary/aromatic N) is 3. The molecule has 9 heteroatoms. The summed E-state index contributed by atoms with van der Waals surface area (Å²) in [6, 6.07) is 16.1. The predicted octanol–water partition coefficient (Wildman–Crippen LogP) is 4.76. The molecular weight excluding hydrogens is 460 g/mol. The molecule has 0 saturated carbocycles. The predicted molar refractivity (Wildman–Crippen MR) is 135 cm³/mol. The molecule has 9 nitrogen and oxygen atoms in total. The van der Waals surface area contributed by atoms with Gasteiger partial charge in [-0.25, -0.2) is 14.3 Å². The number of carbonyl (C=O) groups is 2. The minimum absolute atomic E-state index is 0.194. The molecule has 1 N–H and O–H groups in total. The fourth-order valence-corrected chi connectivity index (χ4v) is 3.22. The van der Waals surface area contributed by atoms with Gasteiger partial charge < -0.3 is 19.5 Å². The van der Waals surface area contributed by atoms with E-state index in [1.54, 1.807) is 58.4 Å². The molecule has 1 aromatic heterocycles. The number of hydrogen-bond acceptors (Lipinski definition) is 7. The zero-order valence-electron chi connectivity index (χ0n) is 21.6. The summed E-state index contributed by atoms with van der Waals surface area (Å²) in [6.45, 7) is 10.8. The lowest BCUT2D eigenvalue weighted by Gasteiger charge is -2.26. The van der Waals surface area contributed by atoms with E-state index in [2.05, 4.69) is 15.6 Å². The number of benzene rings is 2. The quantitative estimate of drug-likeness (QED) is 0.450. The van der Waals surface area contributed by atoms with Gasteiger partial charge in [0.1, 0.15) is 28.7 Å². The van der Waals surface area contributed by atoms with Gasteiger partial charge in [0.05, 0.1) is 6.20 Å². The van der Waals surface area contributed by atoms with Crippen LogP contribution in [0.2, 0.25) is 0 Å². The molecule has 3 aromatic rings. The zero-order chi connectivity index (χ0) is 26.3. The standard InChI is InChI=1S/C27H34N4O5/c1-26(2,3)35-24(32)22(28-25(33)36-27(4,5)6)16-19-12-14-21(15-13-19)34-18-31-17-23(29-30-31)20-10-8-7-9-11-20/h7-15,17,22H,16,18H2,1-6H3,(H,28,33). The number of alkyl carbamates (subject to hydrolysis) is 1. The molecule has 0 aliphatic rings. The van der Waals surface area contributed by atoms with E-state index in [0.717, 1.165) is 16.8 Å². The molecule has 0 radical (unpaired) electrons. The Bertz CT molecular complexity index is 1150. The first kappa shape index (κ1) is 26.7. The van der Waals surface area contributed by atoms with Gasteiger partial charge >= 0.3 is 12.1 Å². The summed E-state index contributed by atoms with van der Waals surface area (Å²) in [5.41, 5.74) is 1.19. The summed E-state index contributed by atoms with van der Waals surface area (Å²) in [4.78, 5) is 25.1. The summed E-state index contributed by atoms with van der Waals surface area (Å²) in [5, 5.41) is 10.9. The topological polar surface area (TPSA) is 105 Å². The van der Waals surface area contributed by atoms with Gasteiger partial charge in [0.25, 0.3) is 0 Å². The Kier molecular flexibility index (Phi) is 8.34. The van der Waals surface area contributed by atoms with Gasteiger partial charge in [-0.05, 0) is 59.2 Å². The fourth-order valence-electron chi connectivity index (χ4n) is 3.22. The highest BCUT2D eigenvalue weighted by molar-refractivity contribution is 5.82. The number of nitrogens with one attached hydrogen (secondary N) is 1. The monoisotopic (exact) mass is 494 g/mol. The van der Waals surface area contributed by atoms with Crippen LogP contribution >= 0.6 is 0 Å². The van der Waals surface area contributed by atoms with E-state index in [1.807, 2.05) is 48.7 Å². The summed E-state index contributed by atoms with van der Waals surface area (Å²) in [6.07, 6.45) is 1.37. The number of ether oxygens (including phenoxy) is 3. The van der Waals surface area contributed by atoms with Gasteiger partial charge in [-0.1, -0.05) is 47.7 Å². The van der Waals surface area contributed by atoms with Crippen molar-refractivity contribution in [2.75, 3.05) is 0 Å². The lowest BCUT2D eigenvalue weighted by Crippen LogP contribution is -2.47. The van der Waals surface area contributed by atoms with Gasteiger partial charge in [-0.15, -0.1) is 5.10 Å². The van der Waals surface area contributed by atoms with Crippen molar-refractivity contribution in [2.45, 2.75) is 71.9 Å². The van der Waals surface area contributed by atoms with Crippen molar-refractivity contribution < 1.29 is 23.8 Å². The first-order valence-electron chi connectivity index (χ1n) is 11.8. The van der Waals surface area contributed by atoms with Crippen molar-refractivity contribution in [3.05, 3.63) is 66.4 Å². The van der Waals surface area contributed by atoms with Crippen LogP contribution in [0.4, 0.5) is 4.79 Å². The van der Waals surface area contributed by atoms with Gasteiger partial charge in [0, 0.05) is 12.0 Å². The molecule has 1 heterocycles. The molecule has 0 saturated heterocycles. The second kappa shape index (κ2) is 11.2. The van der Waals surface area contributed by atoms with E-state index < -0.39 is 29.3 Å². The second-order valence-electron chi connectivity index (χ2n) is 10.4. The van der Waals surface area contributed by atoms with Crippen molar-refractivity contribution >= 4 is 12.1 Å². The Morgan fingerprint density at radius 3 is 2.17 bits per heavy atom. The molecular formula is C27H34N4O5. The van der Waals surface area contributed by atoms with Crippen LogP contribution in [0.15, 0.2) is 60.8 Å². The number of amides is 1. The number of hydrogen-bond donors (Lipinski definition) is 1. The maximum Gasteiger partial charge on any atom is 0.408 e. The van der Waals surface area contributed by atoms with Gasteiger partial charge in [0.15, 0.2) is 6.73 Å². The van der Waals surface area contributed by atoms with Crippen LogP contribution in [0.25, 0.3) is 11.3 Å². The Labute approximate surface area is 211 Å². The van der Waals surface area contributed by atoms with Crippen LogP contribution in [-0.2, 0) is 27.4 Å². The van der Waals surface area contributed by atoms with E-state index in [9.17, 15) is 9.59 Å². The summed E-state index contributed by atoms with van der Waals surface area (Å²) in [7, 11) is 0. The molecule has 0 fully saturated rings. The number of esters is 1. The smallest absolute Gasteiger partial charge is 0.408 e. The van der Waals surface area contributed by atoms with Crippen molar-refractivity contribution in [3.8, 4) is 17.0 Å². The zero-order valence-corrected chi connectivity index (χ0v) is 21.6. The number of carbonyl (C=O) groups excluding carboxylic acids is 2. The van der Waals surface area contributed by atoms with Crippen LogP contribution in [0, 0.1) is 0 Å². The highest BCUT2D eigenvalue weighted by Crippen LogP contribution is 2.18. The first-order valence-corrected chi connectivity index (χ1v) is 11.8. The Morgan fingerprint density at radius 2 is 1.56 bits per heavy atom. The molecule has 1 amide bonds. The molecule has 36 heavy (non-hydrogen) atoms. The fraction of sp³-hybridized carbons (Fsp3) is 0.407. The minimum Gasteiger partial charge on any atom is -0.471 e. The van der Waals surface area contributed by atoms with Crippen molar-refractivity contribution in [2.24, 2.45) is 0 Å². The van der Waals surface area contributed by atoms with E-state index in [0.29, 0.717) is 5.75 Å². The Hall–Kier alpha value is -3.88. The molecule has 0 spiro atoms. The molecule has 0 aliphatic heterocycles. The Morgan fingerprint density at radius 1 is 0.917 bits per heavy atom. The maximum absolute atomic E-state index is 12.8. The van der Waals surface area contributed by atoms with Crippen LogP contribution in [0.1, 0.15) is 47.1 Å². The van der Waals surface area contributed by atoms with E-state index in [4.69, 9.17) is 14.2 Å². The average Bonchev–Trinajstić information content (AvgIpc) is 3.25. The number of rotatable bonds is 8. The van der Waals surface area contributed by atoms with Gasteiger partial charge in [0.2, 0.25) is 0 Å². The minimum atomic E-state index is -0.905. The SMILES string of the molecule is CC(C)(C)OC(=O)NC(Cc1ccc(OCn2cc(-c3ccccc3)nn2)cc1)C(=O)OC(C)(C)C. The van der Waals surface area contributed by atoms with E-state index in [1.165, 1.54) is 0 Å². The van der Waals surface area contributed by atoms with Crippen LogP contribution < -0.4 is 10.1 Å². The van der Waals surface area contributed by atoms with E-state index >= 15 is 0 Å². The van der Waals surface area contributed by atoms with Crippen LogP contribution in [-0.4, -0.2) is 44.3 Å². The molecule has 0 bridgehead atoms. The molecule has 2 aromatic carbocycles. The second-order valence-corrected chi connectivity index (χ2v) is 10.4. The largest absolute Gasteiger partial charge is 0.471 e. The molecule has 192 valence electrons. The van der Waals surface area contributed by atoms with E-state index in [-0.39, 0.29) is 13.2 Å². The summed E-state index contributed by atoms with van der Waals surface area (Å²) >= 11 is 0. The molecule has 1 atom stereocenters. The summed E-state index contributed by atoms with van der Waals surface area (Å²) < 4.78 is 18.2. The highest BCUT2D eigenvalue weighted by atomic mass is 16.6. The average molecular weight is 495 g/mol. The van der Waals surface area contributed by atoms with Crippen LogP contribution in [0.5, 0.6) is 5.75 Å². The van der Waals surface area contributed by atoms with Crippen molar-refractivity contribution in [3.63, 3.8) is 0 Å². The van der Waals surface area contributed by atoms with Crippen LogP contribution in [0.3, 0.4) is 0 Å². The molecule has 1 unspecified atom stereocenters. The normalized spacial score (nSPS) is 12.5. The third kappa shape index (κ3) is 8.72. The van der Waals surface area contributed by atoms with Gasteiger partial charge in [-0.2, -0.15) is 0 Å². The number of aromatic nitrogens is 3. The third-order valence-electron chi connectivity index (χ3n) is 4.72. The third-order valence-corrected chi connectivity index (χ3v) is 4.72. The lowest BCUT2D eigenvalue weighted by molar-refractivity contribution is -0.157. The molecule has 3 rings (SSSR count). The van der Waals surface area contributed by atoms with Crippen molar-refractivity contribution in [1.29, 1.82) is 0 Å². The summed E-state index contributed by atoms with van der Waals surface area (Å²) in [5.74, 6) is 0.0959. The Balaban J connectivity index is 1.61. The first-order chi connectivity index (χ1) is 16.9. The maximum atomic E-state index is 12.8. The van der Waals surface area contributed by atoms with Gasteiger partial charge in [-0.3, -0.25) is 0 Å².